The van der Waals surface area contributed by atoms with Crippen molar-refractivity contribution in [3.63, 3.8) is 0 Å². The summed E-state index contributed by atoms with van der Waals surface area (Å²) >= 11 is 0. The Hall–Kier alpha value is -3.76. The minimum atomic E-state index is -0.428. The molecule has 0 bridgehead atoms. The van der Waals surface area contributed by atoms with Crippen molar-refractivity contribution in [2.75, 3.05) is 44.7 Å². The Morgan fingerprint density at radius 1 is 1.03 bits per heavy atom. The van der Waals surface area contributed by atoms with E-state index in [4.69, 9.17) is 10.6 Å². The molecule has 1 heterocycles. The van der Waals surface area contributed by atoms with E-state index >= 15 is 0 Å². The number of amides is 1. The highest BCUT2D eigenvalue weighted by Crippen LogP contribution is 2.25. The molecule has 4 rings (SSSR count). The fourth-order valence-electron chi connectivity index (χ4n) is 4.25. The Bertz CT molecular complexity index is 1130. The van der Waals surface area contributed by atoms with Gasteiger partial charge in [0.25, 0.3) is 0 Å². The number of piperazine rings is 1. The summed E-state index contributed by atoms with van der Waals surface area (Å²) in [5.74, 6) is -1.18. The number of hydrogen-bond donors (Lipinski definition) is 2. The third-order valence-corrected chi connectivity index (χ3v) is 6.04. The number of ketones is 2. The lowest BCUT2D eigenvalue weighted by Crippen LogP contribution is -2.92. The molecule has 2 aromatic rings. The molecule has 34 heavy (non-hydrogen) atoms. The van der Waals surface area contributed by atoms with Gasteiger partial charge in [0, 0.05) is 49.4 Å². The summed E-state index contributed by atoms with van der Waals surface area (Å²) in [4.78, 5) is 47.7. The second-order valence-electron chi connectivity index (χ2n) is 8.09. The molecule has 0 spiro atoms. The maximum atomic E-state index is 13.2. The maximum Gasteiger partial charge on any atom is 0.224 e. The van der Waals surface area contributed by atoms with E-state index < -0.39 is 5.78 Å². The molecule has 0 saturated carbocycles. The zero-order valence-electron chi connectivity index (χ0n) is 18.9. The lowest BCUT2D eigenvalue weighted by Gasteiger charge is -2.36. The van der Waals surface area contributed by atoms with Gasteiger partial charge in [-0.05, 0) is 24.3 Å². The van der Waals surface area contributed by atoms with Crippen molar-refractivity contribution >= 4 is 23.2 Å². The predicted molar refractivity (Wildman–Crippen MR) is 122 cm³/mol. The first kappa shape index (κ1) is 23.4. The van der Waals surface area contributed by atoms with Crippen molar-refractivity contribution < 1.29 is 29.2 Å². The normalized spacial score (nSPS) is 16.1. The monoisotopic (exact) mass is 468 g/mol. The highest BCUT2D eigenvalue weighted by Gasteiger charge is 2.36. The van der Waals surface area contributed by atoms with Gasteiger partial charge in [-0.2, -0.15) is 9.85 Å². The van der Waals surface area contributed by atoms with E-state index in [0.29, 0.717) is 26.2 Å². The van der Waals surface area contributed by atoms with E-state index in [-0.39, 0.29) is 53.0 Å². The van der Waals surface area contributed by atoms with Crippen LogP contribution in [0.2, 0.25) is 0 Å². The molecule has 0 unspecified atom stereocenters. The molecule has 10 heteroatoms. The van der Waals surface area contributed by atoms with Crippen LogP contribution in [0.3, 0.4) is 0 Å². The number of quaternary nitrogens is 1. The minimum Gasteiger partial charge on any atom is -0.394 e. The number of benzene rings is 2. The van der Waals surface area contributed by atoms with Gasteiger partial charge in [-0.25, -0.2) is 4.39 Å². The number of fused-ring (bicyclic) bond motifs is 1. The first-order valence-corrected chi connectivity index (χ1v) is 11.0. The molecule has 1 fully saturated rings. The zero-order chi connectivity index (χ0) is 24.2. The zero-order valence-corrected chi connectivity index (χ0v) is 18.9. The number of nitrogens with zero attached hydrogens (tertiary/aromatic N) is 3. The van der Waals surface area contributed by atoms with Crippen molar-refractivity contribution in [1.82, 2.24) is 9.91 Å². The summed E-state index contributed by atoms with van der Waals surface area (Å²) < 4.78 is 13.2. The van der Waals surface area contributed by atoms with Gasteiger partial charge in [-0.1, -0.05) is 24.3 Å². The number of carbonyl (C=O) groups is 3. The summed E-state index contributed by atoms with van der Waals surface area (Å²) in [6, 6.07) is 12.8. The first-order valence-electron chi connectivity index (χ1n) is 11.0. The number of allylic oxidation sites excluding steroid dienone is 2. The molecular weight excluding hydrogens is 441 g/mol. The number of nitrogens with two attached hydrogens (primary N) is 2. The Morgan fingerprint density at radius 2 is 1.65 bits per heavy atom. The van der Waals surface area contributed by atoms with Crippen LogP contribution in [0.4, 0.5) is 10.1 Å². The number of Topliss-reactive ketones (excluding diaryl/α,β-unsaturated/α-hetero) is 2. The van der Waals surface area contributed by atoms with Crippen molar-refractivity contribution in [3.05, 3.63) is 76.9 Å². The molecule has 1 saturated heterocycles. The highest BCUT2D eigenvalue weighted by atomic mass is 19.1. The summed E-state index contributed by atoms with van der Waals surface area (Å²) in [5.41, 5.74) is 8.64. The standard InChI is InChI=1S/C24H26FN5O4/c1-34-27-30(22-21(26)23(32)18-4-2-3-5-19(18)24(22)33)11-10-20(31)29-14-12-28(13-15-29)17-8-6-16(25)7-9-17/h2-9,27H,10-15,26H2,1H3/p+1. The van der Waals surface area contributed by atoms with Gasteiger partial charge in [0.05, 0.1) is 13.7 Å². The largest absolute Gasteiger partial charge is 0.394 e. The van der Waals surface area contributed by atoms with E-state index in [1.54, 1.807) is 41.3 Å². The van der Waals surface area contributed by atoms with Crippen molar-refractivity contribution in [3.8, 4) is 0 Å². The van der Waals surface area contributed by atoms with Crippen LogP contribution in [-0.4, -0.2) is 67.2 Å². The molecule has 0 atom stereocenters. The fourth-order valence-corrected chi connectivity index (χ4v) is 4.25. The molecule has 2 aliphatic rings. The Labute approximate surface area is 196 Å². The van der Waals surface area contributed by atoms with Crippen LogP contribution in [0.15, 0.2) is 59.9 Å². The molecule has 178 valence electrons. The maximum absolute atomic E-state index is 13.2. The van der Waals surface area contributed by atoms with Crippen LogP contribution in [-0.2, 0) is 9.63 Å². The first-order chi connectivity index (χ1) is 16.4. The van der Waals surface area contributed by atoms with E-state index in [1.165, 1.54) is 29.8 Å². The van der Waals surface area contributed by atoms with Gasteiger partial charge in [-0.15, -0.1) is 5.59 Å². The van der Waals surface area contributed by atoms with E-state index in [9.17, 15) is 18.8 Å². The van der Waals surface area contributed by atoms with Gasteiger partial charge in [-0.3, -0.25) is 14.4 Å². The average Bonchev–Trinajstić information content (AvgIpc) is 2.86. The summed E-state index contributed by atoms with van der Waals surface area (Å²) in [6.45, 7) is 2.45. The van der Waals surface area contributed by atoms with Gasteiger partial charge in [0.2, 0.25) is 17.5 Å². The highest BCUT2D eigenvalue weighted by molar-refractivity contribution is 6.26. The average molecular weight is 469 g/mol. The topological polar surface area (TPSA) is 113 Å². The van der Waals surface area contributed by atoms with Crippen LogP contribution >= 0.6 is 0 Å². The third kappa shape index (κ3) is 4.63. The molecule has 4 N–H and O–H groups in total. The number of halogens is 1. The van der Waals surface area contributed by atoms with Gasteiger partial charge < -0.3 is 15.5 Å². The lowest BCUT2D eigenvalue weighted by molar-refractivity contribution is -0.988. The Morgan fingerprint density at radius 3 is 2.26 bits per heavy atom. The summed E-state index contributed by atoms with van der Waals surface area (Å²) in [7, 11) is 1.42. The number of anilines is 1. The number of hydrogen-bond acceptors (Lipinski definition) is 7. The van der Waals surface area contributed by atoms with Crippen molar-refractivity contribution in [2.45, 2.75) is 6.42 Å². The van der Waals surface area contributed by atoms with Gasteiger partial charge >= 0.3 is 0 Å². The third-order valence-electron chi connectivity index (χ3n) is 6.04. The van der Waals surface area contributed by atoms with E-state index in [2.05, 4.69) is 4.90 Å². The summed E-state index contributed by atoms with van der Waals surface area (Å²) in [5, 5.41) is 1.43. The molecule has 2 aromatic carbocycles. The molecule has 1 aliphatic heterocycles. The molecular formula is C24H27FN5O4+. The van der Waals surface area contributed by atoms with Crippen LogP contribution in [0.5, 0.6) is 0 Å². The van der Waals surface area contributed by atoms with Gasteiger partial charge in [0.15, 0.2) is 5.70 Å². The predicted octanol–water partition coefficient (Wildman–Crippen LogP) is 0.456. The minimum absolute atomic E-state index is 0.0134. The molecule has 0 radical (unpaired) electrons. The van der Waals surface area contributed by atoms with Crippen molar-refractivity contribution in [2.24, 2.45) is 5.73 Å². The van der Waals surface area contributed by atoms with E-state index in [0.717, 1.165) is 5.69 Å². The fraction of sp³-hybridized carbons (Fsp3) is 0.292. The molecule has 9 nitrogen and oxygen atoms in total. The van der Waals surface area contributed by atoms with Crippen LogP contribution in [0, 0.1) is 5.82 Å². The smallest absolute Gasteiger partial charge is 0.224 e. The summed E-state index contributed by atoms with van der Waals surface area (Å²) in [6.07, 6.45) is 0.107. The SMILES string of the molecule is CO[NH2+]N(CCC(=O)N1CCN(c2ccc(F)cc2)CC1)C1=C(N)C(=O)c2ccccc2C1=O. The lowest BCUT2D eigenvalue weighted by atomic mass is 9.90. The Balaban J connectivity index is 1.40. The number of rotatable bonds is 7. The second kappa shape index (κ2) is 10.0. The van der Waals surface area contributed by atoms with Gasteiger partial charge in [0.1, 0.15) is 11.5 Å². The van der Waals surface area contributed by atoms with Crippen molar-refractivity contribution in [1.29, 1.82) is 0 Å². The molecule has 0 aromatic heterocycles. The second-order valence-corrected chi connectivity index (χ2v) is 8.09. The van der Waals surface area contributed by atoms with E-state index in [1.807, 2.05) is 0 Å². The van der Waals surface area contributed by atoms with Crippen LogP contribution in [0.25, 0.3) is 0 Å². The van der Waals surface area contributed by atoms with Crippen LogP contribution < -0.4 is 16.2 Å². The Kier molecular flexibility index (Phi) is 6.90. The van der Waals surface area contributed by atoms with Crippen LogP contribution in [0.1, 0.15) is 27.1 Å². The molecule has 1 amide bonds. The quantitative estimate of drug-likeness (QED) is 0.448. The number of carbonyl (C=O) groups excluding carboxylic acids is 3. The molecule has 1 aliphatic carbocycles.